The van der Waals surface area contributed by atoms with Gasteiger partial charge in [-0.3, -0.25) is 0 Å². The molecule has 2 heterocycles. The Balaban J connectivity index is 2.13. The molecule has 1 N–H and O–H groups in total. The zero-order chi connectivity index (χ0) is 11.4. The molecule has 0 aromatic carbocycles. The van der Waals surface area contributed by atoms with Crippen LogP contribution in [0.1, 0.15) is 0 Å². The van der Waals surface area contributed by atoms with Crippen molar-refractivity contribution in [3.8, 4) is 0 Å². The zero-order valence-corrected chi connectivity index (χ0v) is 11.1. The zero-order valence-electron chi connectivity index (χ0n) is 8.67. The number of hydrogen-bond acceptors (Lipinski definition) is 8. The van der Waals surface area contributed by atoms with Gasteiger partial charge in [-0.1, -0.05) is 23.1 Å². The van der Waals surface area contributed by atoms with Crippen molar-refractivity contribution < 1.29 is 0 Å². The highest BCUT2D eigenvalue weighted by Gasteiger charge is 2.06. The highest BCUT2D eigenvalue weighted by Crippen LogP contribution is 2.31. The van der Waals surface area contributed by atoms with E-state index in [1.807, 2.05) is 19.4 Å². The molecule has 0 unspecified atom stereocenters. The van der Waals surface area contributed by atoms with Gasteiger partial charge < -0.3 is 5.32 Å². The third-order valence-electron chi connectivity index (χ3n) is 1.65. The molecule has 0 atom stereocenters. The second kappa shape index (κ2) is 5.46. The molecule has 2 rings (SSSR count). The summed E-state index contributed by atoms with van der Waals surface area (Å²) in [5.41, 5.74) is 0. The van der Waals surface area contributed by atoms with Crippen molar-refractivity contribution in [1.29, 1.82) is 0 Å². The number of aromatic nitrogens is 4. The van der Waals surface area contributed by atoms with Gasteiger partial charge in [0.1, 0.15) is 17.2 Å². The molecule has 2 aromatic heterocycles. The fourth-order valence-electron chi connectivity index (χ4n) is 0.942. The second-order valence-electron chi connectivity index (χ2n) is 2.63. The van der Waals surface area contributed by atoms with E-state index in [-0.39, 0.29) is 0 Å². The van der Waals surface area contributed by atoms with Gasteiger partial charge in [-0.15, -0.1) is 10.2 Å². The van der Waals surface area contributed by atoms with Crippen LogP contribution in [0.5, 0.6) is 0 Å². The number of anilines is 1. The molecular formula is C8H9N5S3. The summed E-state index contributed by atoms with van der Waals surface area (Å²) < 4.78 is 1.86. The quantitative estimate of drug-likeness (QED) is 0.675. The first-order valence-electron chi connectivity index (χ1n) is 4.37. The summed E-state index contributed by atoms with van der Waals surface area (Å²) in [7, 11) is 1.83. The van der Waals surface area contributed by atoms with Gasteiger partial charge in [0, 0.05) is 13.1 Å². The Morgan fingerprint density at radius 1 is 1.25 bits per heavy atom. The Hall–Kier alpha value is -0.860. The molecule has 0 bridgehead atoms. The average Bonchev–Trinajstić information content (AvgIpc) is 2.77. The number of rotatable bonds is 4. The summed E-state index contributed by atoms with van der Waals surface area (Å²) in [6.45, 7) is 0. The Labute approximate surface area is 106 Å². The highest BCUT2D eigenvalue weighted by atomic mass is 32.2. The van der Waals surface area contributed by atoms with Crippen LogP contribution in [0.2, 0.25) is 0 Å². The molecular weight excluding hydrogens is 262 g/mol. The fraction of sp³-hybridized carbons (Fsp3) is 0.250. The maximum atomic E-state index is 4.16. The normalized spacial score (nSPS) is 10.4. The minimum atomic E-state index is 0.798. The van der Waals surface area contributed by atoms with Crippen LogP contribution in [0.25, 0.3) is 0 Å². The van der Waals surface area contributed by atoms with Crippen molar-refractivity contribution in [3.63, 3.8) is 0 Å². The second-order valence-corrected chi connectivity index (χ2v) is 5.93. The van der Waals surface area contributed by atoms with Crippen molar-refractivity contribution in [2.45, 2.75) is 13.7 Å². The first-order valence-corrected chi connectivity index (χ1v) is 7.22. The molecule has 0 aliphatic carbocycles. The molecule has 0 aliphatic rings. The Morgan fingerprint density at radius 2 is 2.06 bits per heavy atom. The van der Waals surface area contributed by atoms with Gasteiger partial charge in [-0.25, -0.2) is 9.97 Å². The summed E-state index contributed by atoms with van der Waals surface area (Å²) >= 11 is 4.65. The molecule has 0 radical (unpaired) electrons. The van der Waals surface area contributed by atoms with Crippen molar-refractivity contribution in [2.75, 3.05) is 18.6 Å². The topological polar surface area (TPSA) is 63.6 Å². The van der Waals surface area contributed by atoms with E-state index in [0.29, 0.717) is 0 Å². The van der Waals surface area contributed by atoms with Gasteiger partial charge in [0.15, 0.2) is 8.68 Å². The van der Waals surface area contributed by atoms with Gasteiger partial charge in [0.05, 0.1) is 0 Å². The molecule has 0 saturated heterocycles. The molecule has 5 nitrogen and oxygen atoms in total. The first kappa shape index (κ1) is 11.6. The van der Waals surface area contributed by atoms with E-state index in [0.717, 1.165) is 19.5 Å². The molecule has 0 amide bonds. The molecule has 0 saturated carbocycles. The van der Waals surface area contributed by atoms with Crippen LogP contribution in [-0.2, 0) is 0 Å². The fourth-order valence-corrected chi connectivity index (χ4v) is 3.30. The minimum Gasteiger partial charge on any atom is -0.373 e. The summed E-state index contributed by atoms with van der Waals surface area (Å²) in [6, 6.07) is 1.88. The van der Waals surface area contributed by atoms with E-state index in [9.17, 15) is 0 Å². The summed E-state index contributed by atoms with van der Waals surface area (Å²) in [5.74, 6) is 0.798. The highest BCUT2D eigenvalue weighted by molar-refractivity contribution is 8.02. The summed E-state index contributed by atoms with van der Waals surface area (Å²) in [6.07, 6.45) is 3.52. The van der Waals surface area contributed by atoms with Gasteiger partial charge in [-0.05, 0) is 18.0 Å². The molecule has 8 heteroatoms. The predicted molar refractivity (Wildman–Crippen MR) is 67.4 cm³/mol. The SMILES string of the molecule is CNc1cc(Sc2nnc(SC)s2)ncn1. The molecule has 0 aliphatic heterocycles. The van der Waals surface area contributed by atoms with Crippen LogP contribution in [0.15, 0.2) is 26.1 Å². The molecule has 16 heavy (non-hydrogen) atoms. The van der Waals surface area contributed by atoms with Crippen molar-refractivity contribution in [1.82, 2.24) is 20.2 Å². The van der Waals surface area contributed by atoms with Gasteiger partial charge in [-0.2, -0.15) is 0 Å². The maximum Gasteiger partial charge on any atom is 0.181 e. The number of nitrogens with one attached hydrogen (secondary N) is 1. The monoisotopic (exact) mass is 271 g/mol. The lowest BCUT2D eigenvalue weighted by atomic mass is 10.6. The summed E-state index contributed by atoms with van der Waals surface area (Å²) in [5, 5.41) is 11.9. The van der Waals surface area contributed by atoms with Gasteiger partial charge in [0.2, 0.25) is 0 Å². The number of nitrogens with zero attached hydrogens (tertiary/aromatic N) is 4. The average molecular weight is 271 g/mol. The smallest absolute Gasteiger partial charge is 0.181 e. The minimum absolute atomic E-state index is 0.798. The summed E-state index contributed by atoms with van der Waals surface area (Å²) in [4.78, 5) is 8.21. The Kier molecular flexibility index (Phi) is 3.97. The Bertz CT molecular complexity index is 472. The predicted octanol–water partition coefficient (Wildman–Crippen LogP) is 2.24. The van der Waals surface area contributed by atoms with Crippen LogP contribution in [0.3, 0.4) is 0 Å². The van der Waals surface area contributed by atoms with Crippen LogP contribution >= 0.6 is 34.9 Å². The number of hydrogen-bond donors (Lipinski definition) is 1. The van der Waals surface area contributed by atoms with E-state index in [4.69, 9.17) is 0 Å². The molecule has 84 valence electrons. The van der Waals surface area contributed by atoms with Crippen LogP contribution in [0, 0.1) is 0 Å². The molecule has 2 aromatic rings. The first-order chi connectivity index (χ1) is 7.81. The maximum absolute atomic E-state index is 4.16. The third kappa shape index (κ3) is 2.83. The lowest BCUT2D eigenvalue weighted by molar-refractivity contribution is 0.952. The van der Waals surface area contributed by atoms with E-state index < -0.39 is 0 Å². The molecule has 0 fully saturated rings. The molecule has 0 spiro atoms. The third-order valence-corrected chi connectivity index (χ3v) is 4.53. The van der Waals surface area contributed by atoms with E-state index in [2.05, 4.69) is 25.5 Å². The van der Waals surface area contributed by atoms with E-state index >= 15 is 0 Å². The van der Waals surface area contributed by atoms with Gasteiger partial charge in [0.25, 0.3) is 0 Å². The Morgan fingerprint density at radius 3 is 2.75 bits per heavy atom. The van der Waals surface area contributed by atoms with E-state index in [1.54, 1.807) is 23.1 Å². The van der Waals surface area contributed by atoms with Crippen LogP contribution in [-0.4, -0.2) is 33.5 Å². The van der Waals surface area contributed by atoms with E-state index in [1.165, 1.54) is 18.1 Å². The lowest BCUT2D eigenvalue weighted by Gasteiger charge is -1.99. The standard InChI is InChI=1S/C8H9N5S3/c1-9-5-3-6(11-4-10-5)15-8-13-12-7(14-2)16-8/h3-4H,1-2H3,(H,9,10,11). The van der Waals surface area contributed by atoms with Crippen molar-refractivity contribution in [3.05, 3.63) is 12.4 Å². The van der Waals surface area contributed by atoms with Crippen LogP contribution < -0.4 is 5.32 Å². The largest absolute Gasteiger partial charge is 0.373 e. The number of thioether (sulfide) groups is 1. The van der Waals surface area contributed by atoms with Crippen molar-refractivity contribution in [2.24, 2.45) is 0 Å². The lowest BCUT2D eigenvalue weighted by Crippen LogP contribution is -1.93. The van der Waals surface area contributed by atoms with Gasteiger partial charge >= 0.3 is 0 Å². The van der Waals surface area contributed by atoms with Crippen molar-refractivity contribution >= 4 is 40.7 Å². The van der Waals surface area contributed by atoms with Crippen LogP contribution in [0.4, 0.5) is 5.82 Å².